The number of hydrogen-bond donors (Lipinski definition) is 2. The Balaban J connectivity index is 2.27. The van der Waals surface area contributed by atoms with E-state index in [1.807, 2.05) is 6.07 Å². The molecule has 2 aromatic rings. The average molecular weight is 288 g/mol. The molecule has 0 aliphatic rings. The fourth-order valence-electron chi connectivity index (χ4n) is 2.04. The van der Waals surface area contributed by atoms with Crippen LogP contribution in [0.25, 0.3) is 0 Å². The molecule has 21 heavy (non-hydrogen) atoms. The third-order valence-corrected chi connectivity index (χ3v) is 3.18. The Bertz CT molecular complexity index is 671. The van der Waals surface area contributed by atoms with Gasteiger partial charge >= 0.3 is 0 Å². The number of ether oxygens (including phenoxy) is 1. The number of carbonyl (C=O) groups excluding carboxylic acids is 1. The maximum absolute atomic E-state index is 13.1. The van der Waals surface area contributed by atoms with Crippen LogP contribution in [0.3, 0.4) is 0 Å². The van der Waals surface area contributed by atoms with E-state index in [0.29, 0.717) is 29.1 Å². The smallest absolute Gasteiger partial charge is 0.256 e. The second kappa shape index (κ2) is 6.37. The lowest BCUT2D eigenvalue weighted by Gasteiger charge is -2.12. The van der Waals surface area contributed by atoms with Crippen molar-refractivity contribution in [1.82, 2.24) is 0 Å². The fourth-order valence-corrected chi connectivity index (χ4v) is 2.04. The molecule has 0 atom stereocenters. The molecule has 0 spiro atoms. The summed E-state index contributed by atoms with van der Waals surface area (Å²) >= 11 is 0. The van der Waals surface area contributed by atoms with Crippen molar-refractivity contribution in [1.29, 1.82) is 0 Å². The van der Waals surface area contributed by atoms with Crippen LogP contribution in [0.15, 0.2) is 36.4 Å². The van der Waals surface area contributed by atoms with Crippen molar-refractivity contribution in [2.24, 2.45) is 5.73 Å². The highest BCUT2D eigenvalue weighted by atomic mass is 19.1. The minimum Gasteiger partial charge on any atom is -0.495 e. The monoisotopic (exact) mass is 288 g/mol. The third-order valence-electron chi connectivity index (χ3n) is 3.18. The van der Waals surface area contributed by atoms with Gasteiger partial charge in [0.25, 0.3) is 5.91 Å². The minimum absolute atomic E-state index is 0.314. The Labute approximate surface area is 122 Å². The molecule has 1 amide bonds. The van der Waals surface area contributed by atoms with E-state index in [1.54, 1.807) is 19.1 Å². The molecule has 0 unspecified atom stereocenters. The van der Waals surface area contributed by atoms with E-state index in [1.165, 1.54) is 25.3 Å². The van der Waals surface area contributed by atoms with Gasteiger partial charge in [0.05, 0.1) is 12.8 Å². The van der Waals surface area contributed by atoms with Gasteiger partial charge in [-0.3, -0.25) is 4.79 Å². The number of aryl methyl sites for hydroxylation is 1. The summed E-state index contributed by atoms with van der Waals surface area (Å²) in [7, 11) is 1.52. The Morgan fingerprint density at radius 3 is 2.67 bits per heavy atom. The molecular weight excluding hydrogens is 271 g/mol. The van der Waals surface area contributed by atoms with E-state index in [9.17, 15) is 9.18 Å². The quantitative estimate of drug-likeness (QED) is 0.909. The number of nitrogens with two attached hydrogens (primary N) is 1. The number of hydrogen-bond acceptors (Lipinski definition) is 3. The molecule has 110 valence electrons. The van der Waals surface area contributed by atoms with Gasteiger partial charge in [0.2, 0.25) is 0 Å². The van der Waals surface area contributed by atoms with Crippen LogP contribution in [0.1, 0.15) is 21.5 Å². The molecule has 5 heteroatoms. The number of benzene rings is 2. The molecule has 2 rings (SSSR count). The minimum atomic E-state index is -0.367. The number of anilines is 1. The van der Waals surface area contributed by atoms with Crippen LogP contribution >= 0.6 is 0 Å². The number of methoxy groups -OCH3 is 1. The van der Waals surface area contributed by atoms with Gasteiger partial charge < -0.3 is 15.8 Å². The van der Waals surface area contributed by atoms with E-state index >= 15 is 0 Å². The normalized spacial score (nSPS) is 10.3. The van der Waals surface area contributed by atoms with Crippen molar-refractivity contribution in [2.45, 2.75) is 13.5 Å². The van der Waals surface area contributed by atoms with Gasteiger partial charge in [-0.05, 0) is 48.4 Å². The predicted molar refractivity (Wildman–Crippen MR) is 80.0 cm³/mol. The number of amides is 1. The van der Waals surface area contributed by atoms with E-state index < -0.39 is 0 Å². The zero-order valence-corrected chi connectivity index (χ0v) is 11.9. The Hall–Kier alpha value is -2.40. The molecule has 0 heterocycles. The molecule has 0 saturated carbocycles. The first-order chi connectivity index (χ1) is 10.0. The summed E-state index contributed by atoms with van der Waals surface area (Å²) in [5, 5.41) is 2.76. The van der Waals surface area contributed by atoms with Crippen molar-refractivity contribution in [3.05, 3.63) is 58.9 Å². The molecule has 0 bridgehead atoms. The van der Waals surface area contributed by atoms with Crippen LogP contribution in [-0.4, -0.2) is 13.0 Å². The molecule has 0 radical (unpaired) electrons. The molecule has 3 N–H and O–H groups in total. The molecular formula is C16H17FN2O2. The number of halogens is 1. The Morgan fingerprint density at radius 1 is 1.29 bits per heavy atom. The summed E-state index contributed by atoms with van der Waals surface area (Å²) in [4.78, 5) is 12.3. The molecule has 0 aliphatic carbocycles. The van der Waals surface area contributed by atoms with Gasteiger partial charge in [-0.15, -0.1) is 0 Å². The summed E-state index contributed by atoms with van der Waals surface area (Å²) in [5.74, 6) is -0.147. The standard InChI is InChI=1S/C16H17FN2O2/c1-10-7-12(17)4-5-13(10)16(20)19-14-6-3-11(9-18)8-15(14)21-2/h3-8H,9,18H2,1-2H3,(H,19,20). The molecule has 0 aliphatic heterocycles. The van der Waals surface area contributed by atoms with Crippen molar-refractivity contribution < 1.29 is 13.9 Å². The maximum Gasteiger partial charge on any atom is 0.256 e. The summed E-state index contributed by atoms with van der Waals surface area (Å²) in [6.45, 7) is 2.08. The second-order valence-electron chi connectivity index (χ2n) is 4.65. The second-order valence-corrected chi connectivity index (χ2v) is 4.65. The highest BCUT2D eigenvalue weighted by Crippen LogP contribution is 2.26. The lowest BCUT2D eigenvalue weighted by molar-refractivity contribution is 0.102. The first kappa shape index (κ1) is 15.0. The predicted octanol–water partition coefficient (Wildman–Crippen LogP) is 2.85. The topological polar surface area (TPSA) is 64.3 Å². The largest absolute Gasteiger partial charge is 0.495 e. The zero-order chi connectivity index (χ0) is 15.4. The zero-order valence-electron chi connectivity index (χ0n) is 11.9. The van der Waals surface area contributed by atoms with Gasteiger partial charge in [-0.25, -0.2) is 4.39 Å². The van der Waals surface area contributed by atoms with E-state index in [0.717, 1.165) is 5.56 Å². The number of nitrogens with one attached hydrogen (secondary N) is 1. The van der Waals surface area contributed by atoms with Crippen LogP contribution in [0.4, 0.5) is 10.1 Å². The first-order valence-corrected chi connectivity index (χ1v) is 6.49. The summed E-state index contributed by atoms with van der Waals surface area (Å²) in [6.07, 6.45) is 0. The lowest BCUT2D eigenvalue weighted by atomic mass is 10.1. The van der Waals surface area contributed by atoms with Crippen molar-refractivity contribution in [3.63, 3.8) is 0 Å². The van der Waals surface area contributed by atoms with Crippen LogP contribution in [0, 0.1) is 12.7 Å². The lowest BCUT2D eigenvalue weighted by Crippen LogP contribution is -2.14. The van der Waals surface area contributed by atoms with Crippen LogP contribution in [0.5, 0.6) is 5.75 Å². The summed E-state index contributed by atoms with van der Waals surface area (Å²) in [6, 6.07) is 9.36. The van der Waals surface area contributed by atoms with Crippen LogP contribution in [0.2, 0.25) is 0 Å². The third kappa shape index (κ3) is 3.38. The molecule has 0 saturated heterocycles. The first-order valence-electron chi connectivity index (χ1n) is 6.49. The fraction of sp³-hybridized carbons (Fsp3) is 0.188. The molecule has 0 aromatic heterocycles. The molecule has 0 fully saturated rings. The van der Waals surface area contributed by atoms with Gasteiger partial charge in [-0.2, -0.15) is 0 Å². The van der Waals surface area contributed by atoms with Crippen LogP contribution < -0.4 is 15.8 Å². The van der Waals surface area contributed by atoms with Gasteiger partial charge in [0.1, 0.15) is 11.6 Å². The van der Waals surface area contributed by atoms with Crippen molar-refractivity contribution in [2.75, 3.05) is 12.4 Å². The van der Waals surface area contributed by atoms with Crippen LogP contribution in [-0.2, 0) is 6.54 Å². The highest BCUT2D eigenvalue weighted by molar-refractivity contribution is 6.06. The van der Waals surface area contributed by atoms with E-state index in [4.69, 9.17) is 10.5 Å². The SMILES string of the molecule is COc1cc(CN)ccc1NC(=O)c1ccc(F)cc1C. The van der Waals surface area contributed by atoms with Gasteiger partial charge in [0, 0.05) is 12.1 Å². The van der Waals surface area contributed by atoms with Gasteiger partial charge in [0.15, 0.2) is 0 Å². The highest BCUT2D eigenvalue weighted by Gasteiger charge is 2.12. The molecule has 4 nitrogen and oxygen atoms in total. The van der Waals surface area contributed by atoms with E-state index in [2.05, 4.69) is 5.32 Å². The Kier molecular flexibility index (Phi) is 4.55. The van der Waals surface area contributed by atoms with E-state index in [-0.39, 0.29) is 11.7 Å². The number of rotatable bonds is 4. The van der Waals surface area contributed by atoms with Gasteiger partial charge in [-0.1, -0.05) is 6.07 Å². The number of carbonyl (C=O) groups is 1. The average Bonchev–Trinajstić information content (AvgIpc) is 2.47. The molecule has 2 aromatic carbocycles. The summed E-state index contributed by atoms with van der Waals surface area (Å²) < 4.78 is 18.3. The summed E-state index contributed by atoms with van der Waals surface area (Å²) in [5.41, 5.74) is 8.01. The Morgan fingerprint density at radius 2 is 2.05 bits per heavy atom. The maximum atomic E-state index is 13.1. The van der Waals surface area contributed by atoms with Crippen molar-refractivity contribution >= 4 is 11.6 Å². The van der Waals surface area contributed by atoms with Crippen molar-refractivity contribution in [3.8, 4) is 5.75 Å².